The summed E-state index contributed by atoms with van der Waals surface area (Å²) in [6.45, 7) is 0.188. The van der Waals surface area contributed by atoms with Gasteiger partial charge in [-0.05, 0) is 0 Å². The summed E-state index contributed by atoms with van der Waals surface area (Å²) in [5.41, 5.74) is 1.17. The van der Waals surface area contributed by atoms with Crippen LogP contribution in [0, 0.1) is 0 Å². The summed E-state index contributed by atoms with van der Waals surface area (Å²) in [7, 11) is 0. The number of aliphatic hydroxyl groups excluding tert-OH is 1. The van der Waals surface area contributed by atoms with Crippen molar-refractivity contribution in [1.29, 1.82) is 0 Å². The monoisotopic (exact) mass is 327 g/mol. The summed E-state index contributed by atoms with van der Waals surface area (Å²) in [6.07, 6.45) is 5.23. The number of benzene rings is 1. The van der Waals surface area contributed by atoms with Gasteiger partial charge < -0.3 is 0 Å². The molecule has 1 aliphatic rings. The Kier molecular flexibility index (Phi) is 6.42. The third-order valence-electron chi connectivity index (χ3n) is 3.12. The zero-order valence-electron chi connectivity index (χ0n) is 11.1. The van der Waals surface area contributed by atoms with Gasteiger partial charge in [-0.15, -0.1) is 0 Å². The second kappa shape index (κ2) is 8.36. The maximum atomic E-state index is 8.84. The van der Waals surface area contributed by atoms with Crippen LogP contribution in [0.4, 0.5) is 0 Å². The van der Waals surface area contributed by atoms with E-state index < -0.39 is 0 Å². The van der Waals surface area contributed by atoms with Crippen molar-refractivity contribution >= 4 is 25.1 Å². The first-order valence-corrected chi connectivity index (χ1v) is 8.95. The summed E-state index contributed by atoms with van der Waals surface area (Å²) in [5.74, 6) is 0. The van der Waals surface area contributed by atoms with E-state index in [1.807, 2.05) is 0 Å². The minimum absolute atomic E-state index is 0.119. The molecule has 0 amide bonds. The van der Waals surface area contributed by atoms with Gasteiger partial charge in [-0.3, -0.25) is 0 Å². The summed E-state index contributed by atoms with van der Waals surface area (Å²) in [6, 6.07) is 10.7. The Hall–Kier alpha value is -0.831. The predicted octanol–water partition coefficient (Wildman–Crippen LogP) is 2.13. The number of hydrogen-bond donors (Lipinski definition) is 1. The summed E-state index contributed by atoms with van der Waals surface area (Å²) < 4.78 is 1.49. The van der Waals surface area contributed by atoms with Crippen LogP contribution in [-0.2, 0) is 4.84 Å². The van der Waals surface area contributed by atoms with Crippen molar-refractivity contribution in [2.75, 3.05) is 6.61 Å². The maximum absolute atomic E-state index is 8.84. The van der Waals surface area contributed by atoms with E-state index in [1.54, 1.807) is 0 Å². The van der Waals surface area contributed by atoms with Crippen molar-refractivity contribution in [3.05, 3.63) is 30.3 Å². The van der Waals surface area contributed by atoms with E-state index in [0.29, 0.717) is 21.4 Å². The van der Waals surface area contributed by atoms with Crippen molar-refractivity contribution in [2.45, 2.75) is 43.5 Å². The number of oxime groups is 1. The van der Waals surface area contributed by atoms with Crippen LogP contribution in [0.5, 0.6) is 0 Å². The van der Waals surface area contributed by atoms with Gasteiger partial charge in [-0.2, -0.15) is 0 Å². The molecule has 0 fully saturated rings. The quantitative estimate of drug-likeness (QED) is 0.587. The van der Waals surface area contributed by atoms with Crippen LogP contribution in [0.3, 0.4) is 0 Å². The molecule has 0 saturated carbocycles. The van der Waals surface area contributed by atoms with E-state index in [-0.39, 0.29) is 12.7 Å². The average molecular weight is 326 g/mol. The second-order valence-corrected chi connectivity index (χ2v) is 7.17. The summed E-state index contributed by atoms with van der Waals surface area (Å²) in [5, 5.41) is 14.2. The van der Waals surface area contributed by atoms with Gasteiger partial charge in [0.25, 0.3) is 0 Å². The zero-order valence-corrected chi connectivity index (χ0v) is 12.8. The predicted molar refractivity (Wildman–Crippen MR) is 79.1 cm³/mol. The molecule has 0 radical (unpaired) electrons. The van der Waals surface area contributed by atoms with Crippen LogP contribution in [0.2, 0.25) is 5.32 Å². The van der Waals surface area contributed by atoms with E-state index in [4.69, 9.17) is 9.94 Å². The van der Waals surface area contributed by atoms with E-state index in [2.05, 4.69) is 35.5 Å². The van der Waals surface area contributed by atoms with Crippen molar-refractivity contribution < 1.29 is 9.94 Å². The Morgan fingerprint density at radius 1 is 1.26 bits per heavy atom. The molecular weight excluding hydrogens is 305 g/mol. The molecule has 19 heavy (non-hydrogen) atoms. The third kappa shape index (κ3) is 5.35. The first-order valence-electron chi connectivity index (χ1n) is 6.89. The molecule has 1 N–H and O–H groups in total. The number of rotatable bonds is 8. The molecule has 3 nitrogen and oxygen atoms in total. The molecule has 0 bridgehead atoms. The first kappa shape index (κ1) is 14.6. The molecule has 1 aliphatic heterocycles. The Balaban J connectivity index is 1.53. The fourth-order valence-electron chi connectivity index (χ4n) is 2.07. The standard InChI is InChI=1S/C15H21NO2Se/c17-10-9-14-12-13(16-18-14)6-4-5-11-19-15-7-2-1-3-8-15/h1-3,7-8,14,17H,4-6,9-12H2. The molecule has 1 aromatic carbocycles. The van der Waals surface area contributed by atoms with Crippen molar-refractivity contribution in [3.63, 3.8) is 0 Å². The van der Waals surface area contributed by atoms with Crippen LogP contribution >= 0.6 is 0 Å². The van der Waals surface area contributed by atoms with Crippen LogP contribution in [0.25, 0.3) is 0 Å². The van der Waals surface area contributed by atoms with Gasteiger partial charge in [0.1, 0.15) is 0 Å². The van der Waals surface area contributed by atoms with E-state index in [0.717, 1.165) is 12.8 Å². The van der Waals surface area contributed by atoms with Gasteiger partial charge in [0.05, 0.1) is 0 Å². The van der Waals surface area contributed by atoms with Crippen LogP contribution in [0.15, 0.2) is 35.5 Å². The molecule has 0 aliphatic carbocycles. The topological polar surface area (TPSA) is 41.8 Å². The Bertz CT molecular complexity index is 394. The number of unbranched alkanes of at least 4 members (excludes halogenated alkanes) is 1. The SMILES string of the molecule is OCCC1CC(CCCC[Se]c2ccccc2)=NO1. The van der Waals surface area contributed by atoms with Crippen LogP contribution < -0.4 is 4.46 Å². The van der Waals surface area contributed by atoms with Crippen molar-refractivity contribution in [2.24, 2.45) is 5.16 Å². The van der Waals surface area contributed by atoms with Crippen LogP contribution in [-0.4, -0.2) is 38.5 Å². The fourth-order valence-corrected chi connectivity index (χ4v) is 4.03. The van der Waals surface area contributed by atoms with E-state index in [9.17, 15) is 0 Å². The number of hydrogen-bond acceptors (Lipinski definition) is 3. The molecular formula is C15H21NO2Se. The zero-order chi connectivity index (χ0) is 13.3. The van der Waals surface area contributed by atoms with E-state index in [1.165, 1.54) is 28.3 Å². The van der Waals surface area contributed by atoms with Crippen LogP contribution in [0.1, 0.15) is 32.1 Å². The Labute approximate surface area is 121 Å². The molecule has 4 heteroatoms. The average Bonchev–Trinajstić information content (AvgIpc) is 2.88. The number of nitrogens with zero attached hydrogens (tertiary/aromatic N) is 1. The normalized spacial score (nSPS) is 18.2. The third-order valence-corrected chi connectivity index (χ3v) is 5.42. The minimum atomic E-state index is 0.119. The molecule has 1 aromatic rings. The van der Waals surface area contributed by atoms with E-state index >= 15 is 0 Å². The van der Waals surface area contributed by atoms with Gasteiger partial charge >= 0.3 is 121 Å². The molecule has 0 aromatic heterocycles. The van der Waals surface area contributed by atoms with Gasteiger partial charge in [-0.25, -0.2) is 0 Å². The molecule has 2 rings (SSSR count). The van der Waals surface area contributed by atoms with Gasteiger partial charge in [0.15, 0.2) is 0 Å². The Morgan fingerprint density at radius 2 is 2.11 bits per heavy atom. The molecule has 1 atom stereocenters. The molecule has 1 heterocycles. The van der Waals surface area contributed by atoms with Gasteiger partial charge in [-0.1, -0.05) is 0 Å². The molecule has 0 saturated heterocycles. The molecule has 0 spiro atoms. The molecule has 1 unspecified atom stereocenters. The summed E-state index contributed by atoms with van der Waals surface area (Å²) >= 11 is 0.606. The van der Waals surface area contributed by atoms with Gasteiger partial charge in [0, 0.05) is 0 Å². The van der Waals surface area contributed by atoms with Crippen molar-refractivity contribution in [3.8, 4) is 0 Å². The first-order chi connectivity index (χ1) is 9.38. The number of aliphatic hydroxyl groups is 1. The second-order valence-electron chi connectivity index (χ2n) is 4.72. The van der Waals surface area contributed by atoms with Gasteiger partial charge in [0.2, 0.25) is 0 Å². The summed E-state index contributed by atoms with van der Waals surface area (Å²) in [4.78, 5) is 5.26. The molecule has 104 valence electrons. The fraction of sp³-hybridized carbons (Fsp3) is 0.533. The Morgan fingerprint density at radius 3 is 2.89 bits per heavy atom. The van der Waals surface area contributed by atoms with Crippen molar-refractivity contribution in [1.82, 2.24) is 0 Å².